The largest absolute Gasteiger partial charge is 0.356 e. The molecule has 0 saturated carbocycles. The SMILES string of the molecule is ClCc1noc2ccc(Cl)cc12. The normalized spacial score (nSPS) is 10.8. The number of aromatic nitrogens is 1. The van der Waals surface area contributed by atoms with Crippen LogP contribution in [-0.2, 0) is 5.88 Å². The molecule has 0 spiro atoms. The minimum atomic E-state index is 0.341. The highest BCUT2D eigenvalue weighted by molar-refractivity contribution is 6.31. The number of fused-ring (bicyclic) bond motifs is 1. The van der Waals surface area contributed by atoms with Crippen molar-refractivity contribution < 1.29 is 4.52 Å². The van der Waals surface area contributed by atoms with E-state index in [0.717, 1.165) is 16.7 Å². The maximum atomic E-state index is 5.79. The molecule has 0 bridgehead atoms. The standard InChI is InChI=1S/C8H5Cl2NO/c9-4-7-6-3-5(10)1-2-8(6)12-11-7/h1-3H,4H2. The van der Waals surface area contributed by atoms with E-state index in [1.54, 1.807) is 18.2 Å². The van der Waals surface area contributed by atoms with E-state index in [4.69, 9.17) is 27.7 Å². The molecule has 0 N–H and O–H groups in total. The van der Waals surface area contributed by atoms with Crippen LogP contribution in [0.1, 0.15) is 5.69 Å². The van der Waals surface area contributed by atoms with Gasteiger partial charge in [0.25, 0.3) is 0 Å². The Kier molecular flexibility index (Phi) is 1.95. The van der Waals surface area contributed by atoms with Crippen molar-refractivity contribution in [2.45, 2.75) is 5.88 Å². The Bertz CT molecular complexity index is 410. The summed E-state index contributed by atoms with van der Waals surface area (Å²) in [5.74, 6) is 0.341. The van der Waals surface area contributed by atoms with Crippen molar-refractivity contribution in [3.05, 3.63) is 28.9 Å². The van der Waals surface area contributed by atoms with Gasteiger partial charge >= 0.3 is 0 Å². The summed E-state index contributed by atoms with van der Waals surface area (Å²) in [5, 5.41) is 5.34. The molecule has 0 amide bonds. The Balaban J connectivity index is 2.75. The molecule has 12 heavy (non-hydrogen) atoms. The molecular weight excluding hydrogens is 197 g/mol. The third-order valence-corrected chi connectivity index (χ3v) is 2.12. The lowest BCUT2D eigenvalue weighted by Crippen LogP contribution is -1.75. The Morgan fingerprint density at radius 3 is 3.00 bits per heavy atom. The summed E-state index contributed by atoms with van der Waals surface area (Å²) in [6.45, 7) is 0. The summed E-state index contributed by atoms with van der Waals surface area (Å²) in [7, 11) is 0. The summed E-state index contributed by atoms with van der Waals surface area (Å²) in [6.07, 6.45) is 0. The molecule has 1 heterocycles. The van der Waals surface area contributed by atoms with Crippen molar-refractivity contribution in [3.63, 3.8) is 0 Å². The maximum Gasteiger partial charge on any atom is 0.167 e. The molecule has 0 fully saturated rings. The minimum Gasteiger partial charge on any atom is -0.356 e. The van der Waals surface area contributed by atoms with Gasteiger partial charge in [-0.1, -0.05) is 16.8 Å². The predicted molar refractivity (Wildman–Crippen MR) is 48.6 cm³/mol. The van der Waals surface area contributed by atoms with Crippen LogP contribution >= 0.6 is 23.2 Å². The average Bonchev–Trinajstić information content (AvgIpc) is 2.46. The molecule has 1 aromatic heterocycles. The number of hydrogen-bond acceptors (Lipinski definition) is 2. The van der Waals surface area contributed by atoms with Crippen molar-refractivity contribution in [1.29, 1.82) is 0 Å². The van der Waals surface area contributed by atoms with Gasteiger partial charge in [-0.25, -0.2) is 0 Å². The van der Waals surface area contributed by atoms with Gasteiger partial charge in [0.2, 0.25) is 0 Å². The lowest BCUT2D eigenvalue weighted by Gasteiger charge is -1.89. The molecule has 2 rings (SSSR count). The van der Waals surface area contributed by atoms with Gasteiger partial charge in [0, 0.05) is 10.4 Å². The molecule has 4 heteroatoms. The lowest BCUT2D eigenvalue weighted by atomic mass is 10.2. The third kappa shape index (κ3) is 1.17. The van der Waals surface area contributed by atoms with Crippen LogP contribution in [0.15, 0.2) is 22.7 Å². The van der Waals surface area contributed by atoms with Gasteiger partial charge in [0.15, 0.2) is 5.58 Å². The molecule has 2 aromatic rings. The first-order chi connectivity index (χ1) is 5.81. The van der Waals surface area contributed by atoms with Crippen molar-refractivity contribution in [1.82, 2.24) is 5.16 Å². The summed E-state index contributed by atoms with van der Waals surface area (Å²) in [6, 6.07) is 5.33. The van der Waals surface area contributed by atoms with Crippen LogP contribution in [0.5, 0.6) is 0 Å². The zero-order chi connectivity index (χ0) is 8.55. The molecule has 1 aromatic carbocycles. The van der Waals surface area contributed by atoms with E-state index < -0.39 is 0 Å². The van der Waals surface area contributed by atoms with Crippen LogP contribution in [0.4, 0.5) is 0 Å². The van der Waals surface area contributed by atoms with Gasteiger partial charge in [-0.05, 0) is 18.2 Å². The number of hydrogen-bond donors (Lipinski definition) is 0. The van der Waals surface area contributed by atoms with Gasteiger partial charge in [-0.15, -0.1) is 11.6 Å². The first kappa shape index (κ1) is 7.90. The molecule has 0 saturated heterocycles. The Labute approximate surface area is 79.0 Å². The van der Waals surface area contributed by atoms with E-state index in [2.05, 4.69) is 5.16 Å². The summed E-state index contributed by atoms with van der Waals surface area (Å²) in [4.78, 5) is 0. The maximum absolute atomic E-state index is 5.79. The van der Waals surface area contributed by atoms with Crippen molar-refractivity contribution >= 4 is 34.2 Å². The second kappa shape index (κ2) is 2.96. The van der Waals surface area contributed by atoms with Crippen LogP contribution in [0.3, 0.4) is 0 Å². The summed E-state index contributed by atoms with van der Waals surface area (Å²) >= 11 is 11.4. The Morgan fingerprint density at radius 2 is 2.25 bits per heavy atom. The molecule has 0 radical (unpaired) electrons. The Hall–Kier alpha value is -0.730. The Morgan fingerprint density at radius 1 is 1.42 bits per heavy atom. The van der Waals surface area contributed by atoms with Crippen molar-refractivity contribution in [2.24, 2.45) is 0 Å². The fraction of sp³-hybridized carbons (Fsp3) is 0.125. The smallest absolute Gasteiger partial charge is 0.167 e. The third-order valence-electron chi connectivity index (χ3n) is 1.63. The predicted octanol–water partition coefficient (Wildman–Crippen LogP) is 3.22. The van der Waals surface area contributed by atoms with E-state index in [-0.39, 0.29) is 0 Å². The van der Waals surface area contributed by atoms with E-state index in [0.29, 0.717) is 10.9 Å². The van der Waals surface area contributed by atoms with Gasteiger partial charge in [0.05, 0.1) is 5.88 Å². The molecule has 0 aliphatic rings. The quantitative estimate of drug-likeness (QED) is 0.663. The first-order valence-corrected chi connectivity index (χ1v) is 4.32. The molecule has 0 aliphatic heterocycles. The van der Waals surface area contributed by atoms with Crippen LogP contribution in [-0.4, -0.2) is 5.16 Å². The van der Waals surface area contributed by atoms with Gasteiger partial charge < -0.3 is 4.52 Å². The molecule has 0 unspecified atom stereocenters. The highest BCUT2D eigenvalue weighted by atomic mass is 35.5. The van der Waals surface area contributed by atoms with Crippen LogP contribution in [0.25, 0.3) is 11.0 Å². The number of alkyl halides is 1. The lowest BCUT2D eigenvalue weighted by molar-refractivity contribution is 0.449. The zero-order valence-electron chi connectivity index (χ0n) is 6.05. The summed E-state index contributed by atoms with van der Waals surface area (Å²) in [5.41, 5.74) is 1.45. The monoisotopic (exact) mass is 201 g/mol. The van der Waals surface area contributed by atoms with Crippen molar-refractivity contribution in [2.75, 3.05) is 0 Å². The van der Waals surface area contributed by atoms with E-state index >= 15 is 0 Å². The first-order valence-electron chi connectivity index (χ1n) is 3.41. The highest BCUT2D eigenvalue weighted by Gasteiger charge is 2.06. The second-order valence-corrected chi connectivity index (χ2v) is 3.11. The number of benzene rings is 1. The fourth-order valence-electron chi connectivity index (χ4n) is 1.06. The molecular formula is C8H5Cl2NO. The highest BCUT2D eigenvalue weighted by Crippen LogP contribution is 2.23. The molecule has 0 aliphatic carbocycles. The molecule has 62 valence electrons. The van der Waals surface area contributed by atoms with Crippen molar-refractivity contribution in [3.8, 4) is 0 Å². The van der Waals surface area contributed by atoms with Crippen LogP contribution in [0.2, 0.25) is 5.02 Å². The fourth-order valence-corrected chi connectivity index (χ4v) is 1.42. The van der Waals surface area contributed by atoms with Gasteiger partial charge in [0.1, 0.15) is 5.69 Å². The van der Waals surface area contributed by atoms with Crippen LogP contribution < -0.4 is 0 Å². The number of rotatable bonds is 1. The number of halogens is 2. The average molecular weight is 202 g/mol. The molecule has 2 nitrogen and oxygen atoms in total. The van der Waals surface area contributed by atoms with Crippen LogP contribution in [0, 0.1) is 0 Å². The van der Waals surface area contributed by atoms with E-state index in [1.165, 1.54) is 0 Å². The van der Waals surface area contributed by atoms with Gasteiger partial charge in [-0.3, -0.25) is 0 Å². The summed E-state index contributed by atoms with van der Waals surface area (Å²) < 4.78 is 5.00. The molecule has 0 atom stereocenters. The number of nitrogens with zero attached hydrogens (tertiary/aromatic N) is 1. The zero-order valence-corrected chi connectivity index (χ0v) is 7.56. The van der Waals surface area contributed by atoms with Gasteiger partial charge in [-0.2, -0.15) is 0 Å². The topological polar surface area (TPSA) is 26.0 Å². The second-order valence-electron chi connectivity index (χ2n) is 2.40. The minimum absolute atomic E-state index is 0.341. The van der Waals surface area contributed by atoms with E-state index in [1.807, 2.05) is 0 Å². The van der Waals surface area contributed by atoms with E-state index in [9.17, 15) is 0 Å².